The Labute approximate surface area is 142 Å². The van der Waals surface area contributed by atoms with Crippen molar-refractivity contribution >= 4 is 23.4 Å². The van der Waals surface area contributed by atoms with Crippen molar-refractivity contribution < 1.29 is 18.3 Å². The molecule has 130 valence electrons. The van der Waals surface area contributed by atoms with Gasteiger partial charge in [0, 0.05) is 11.7 Å². The van der Waals surface area contributed by atoms with Crippen LogP contribution in [0.1, 0.15) is 26.8 Å². The third-order valence-electron chi connectivity index (χ3n) is 3.09. The molecule has 1 amide bonds. The van der Waals surface area contributed by atoms with Crippen LogP contribution in [-0.4, -0.2) is 32.5 Å². The van der Waals surface area contributed by atoms with E-state index in [-0.39, 0.29) is 17.7 Å². The summed E-state index contributed by atoms with van der Waals surface area (Å²) in [6.07, 6.45) is 1.62. The smallest absolute Gasteiger partial charge is 0.387 e. The molecule has 0 aliphatic heterocycles. The van der Waals surface area contributed by atoms with Crippen molar-refractivity contribution in [3.63, 3.8) is 0 Å². The van der Waals surface area contributed by atoms with Gasteiger partial charge in [-0.1, -0.05) is 11.8 Å². The van der Waals surface area contributed by atoms with E-state index in [2.05, 4.69) is 20.3 Å². The zero-order valence-corrected chi connectivity index (χ0v) is 14.3. The number of hydrogen-bond donors (Lipinski definition) is 1. The summed E-state index contributed by atoms with van der Waals surface area (Å²) in [5, 5.41) is 10.9. The molecule has 9 heteroatoms. The molecule has 0 saturated heterocycles. The van der Waals surface area contributed by atoms with Gasteiger partial charge in [-0.2, -0.15) is 8.78 Å². The number of ether oxygens (including phenoxy) is 1. The van der Waals surface area contributed by atoms with E-state index in [1.54, 1.807) is 13.3 Å². The zero-order chi connectivity index (χ0) is 17.7. The average molecular weight is 356 g/mol. The molecule has 0 bridgehead atoms. The van der Waals surface area contributed by atoms with Gasteiger partial charge in [0.2, 0.25) is 5.91 Å². The van der Waals surface area contributed by atoms with Gasteiger partial charge < -0.3 is 14.6 Å². The van der Waals surface area contributed by atoms with Gasteiger partial charge in [0.15, 0.2) is 5.16 Å². The Hall–Kier alpha value is -2.16. The van der Waals surface area contributed by atoms with E-state index < -0.39 is 11.9 Å². The molecule has 1 unspecified atom stereocenters. The van der Waals surface area contributed by atoms with Crippen LogP contribution in [0, 0.1) is 0 Å². The summed E-state index contributed by atoms with van der Waals surface area (Å²) in [7, 11) is 0. The number of benzene rings is 1. The number of anilines is 1. The lowest BCUT2D eigenvalue weighted by atomic mass is 10.3. The molecule has 2 aromatic rings. The summed E-state index contributed by atoms with van der Waals surface area (Å²) in [6.45, 7) is 2.89. The second-order valence-electron chi connectivity index (χ2n) is 5.27. The minimum Gasteiger partial charge on any atom is -0.435 e. The molecule has 24 heavy (non-hydrogen) atoms. The third kappa shape index (κ3) is 4.92. The predicted octanol–water partition coefficient (Wildman–Crippen LogP) is 3.58. The summed E-state index contributed by atoms with van der Waals surface area (Å²) < 4.78 is 30.3. The maximum absolute atomic E-state index is 12.2. The first-order valence-corrected chi connectivity index (χ1v) is 8.16. The standard InChI is InChI=1S/C15H18F2N4O2S/c1-9(2)21-8-18-20-15(21)24-10(3)13(22)19-11-4-6-12(7-5-11)23-14(16)17/h4-10,14H,1-3H3,(H,19,22). The van der Waals surface area contributed by atoms with Crippen molar-refractivity contribution in [2.45, 2.75) is 43.8 Å². The van der Waals surface area contributed by atoms with E-state index in [1.165, 1.54) is 36.0 Å². The molecule has 0 radical (unpaired) electrons. The second kappa shape index (κ2) is 8.09. The SMILES string of the molecule is CC(Sc1nncn1C(C)C)C(=O)Nc1ccc(OC(F)F)cc1. The van der Waals surface area contributed by atoms with Crippen molar-refractivity contribution in [1.29, 1.82) is 0 Å². The fourth-order valence-electron chi connectivity index (χ4n) is 1.85. The third-order valence-corrected chi connectivity index (χ3v) is 4.17. The maximum atomic E-state index is 12.2. The summed E-state index contributed by atoms with van der Waals surface area (Å²) in [4.78, 5) is 12.2. The molecular weight excluding hydrogens is 338 g/mol. The van der Waals surface area contributed by atoms with Crippen LogP contribution in [0.15, 0.2) is 35.7 Å². The Kier molecular flexibility index (Phi) is 6.13. The first-order chi connectivity index (χ1) is 11.4. The number of aromatic nitrogens is 3. The van der Waals surface area contributed by atoms with Gasteiger partial charge in [0.25, 0.3) is 0 Å². The largest absolute Gasteiger partial charge is 0.435 e. The van der Waals surface area contributed by atoms with Crippen molar-refractivity contribution in [2.75, 3.05) is 5.32 Å². The fourth-order valence-corrected chi connectivity index (χ4v) is 2.80. The summed E-state index contributed by atoms with van der Waals surface area (Å²) in [5.41, 5.74) is 0.499. The normalized spacial score (nSPS) is 12.5. The number of nitrogens with zero attached hydrogens (tertiary/aromatic N) is 3. The van der Waals surface area contributed by atoms with Gasteiger partial charge in [0.1, 0.15) is 12.1 Å². The van der Waals surface area contributed by atoms with Crippen LogP contribution in [0.25, 0.3) is 0 Å². The Morgan fingerprint density at radius 3 is 2.50 bits per heavy atom. The van der Waals surface area contributed by atoms with Crippen LogP contribution in [0.2, 0.25) is 0 Å². The van der Waals surface area contributed by atoms with Gasteiger partial charge in [-0.3, -0.25) is 4.79 Å². The molecule has 1 atom stereocenters. The highest BCUT2D eigenvalue weighted by molar-refractivity contribution is 8.00. The van der Waals surface area contributed by atoms with E-state index in [0.717, 1.165) is 0 Å². The van der Waals surface area contributed by atoms with E-state index in [0.29, 0.717) is 10.8 Å². The molecule has 1 heterocycles. The zero-order valence-electron chi connectivity index (χ0n) is 13.4. The van der Waals surface area contributed by atoms with E-state index in [4.69, 9.17) is 0 Å². The number of hydrogen-bond acceptors (Lipinski definition) is 5. The van der Waals surface area contributed by atoms with Crippen LogP contribution in [0.3, 0.4) is 0 Å². The summed E-state index contributed by atoms with van der Waals surface area (Å²) in [6, 6.07) is 5.94. The number of amides is 1. The number of carbonyl (C=O) groups is 1. The minimum atomic E-state index is -2.87. The first-order valence-electron chi connectivity index (χ1n) is 7.28. The first kappa shape index (κ1) is 18.2. The molecule has 6 nitrogen and oxygen atoms in total. The fraction of sp³-hybridized carbons (Fsp3) is 0.400. The van der Waals surface area contributed by atoms with Gasteiger partial charge in [-0.25, -0.2) is 0 Å². The average Bonchev–Trinajstić information content (AvgIpc) is 2.97. The Bertz CT molecular complexity index is 676. The lowest BCUT2D eigenvalue weighted by molar-refractivity contribution is -0.115. The lowest BCUT2D eigenvalue weighted by Gasteiger charge is -2.14. The number of halogens is 2. The van der Waals surface area contributed by atoms with Gasteiger partial charge in [-0.05, 0) is 45.0 Å². The van der Waals surface area contributed by atoms with Crippen molar-refractivity contribution in [3.8, 4) is 5.75 Å². The molecule has 2 rings (SSSR count). The van der Waals surface area contributed by atoms with Gasteiger partial charge in [0.05, 0.1) is 5.25 Å². The number of alkyl halides is 2. The Morgan fingerprint density at radius 1 is 1.25 bits per heavy atom. The molecular formula is C15H18F2N4O2S. The lowest BCUT2D eigenvalue weighted by Crippen LogP contribution is -2.23. The molecule has 0 aliphatic rings. The number of rotatable bonds is 7. The van der Waals surface area contributed by atoms with E-state index >= 15 is 0 Å². The van der Waals surface area contributed by atoms with Crippen molar-refractivity contribution in [3.05, 3.63) is 30.6 Å². The molecule has 0 fully saturated rings. The van der Waals surface area contributed by atoms with Crippen LogP contribution in [-0.2, 0) is 4.79 Å². The second-order valence-corrected chi connectivity index (χ2v) is 6.57. The topological polar surface area (TPSA) is 69.0 Å². The Balaban J connectivity index is 1.95. The predicted molar refractivity (Wildman–Crippen MR) is 87.4 cm³/mol. The summed E-state index contributed by atoms with van der Waals surface area (Å²) in [5.74, 6) is -0.184. The molecule has 1 aromatic carbocycles. The van der Waals surface area contributed by atoms with Crippen LogP contribution in [0.5, 0.6) is 5.75 Å². The van der Waals surface area contributed by atoms with E-state index in [9.17, 15) is 13.6 Å². The highest BCUT2D eigenvalue weighted by atomic mass is 32.2. The maximum Gasteiger partial charge on any atom is 0.387 e. The highest BCUT2D eigenvalue weighted by Crippen LogP contribution is 2.25. The Morgan fingerprint density at radius 2 is 1.92 bits per heavy atom. The molecule has 1 N–H and O–H groups in total. The molecule has 0 spiro atoms. The van der Waals surface area contributed by atoms with Gasteiger partial charge >= 0.3 is 6.61 Å². The van der Waals surface area contributed by atoms with Gasteiger partial charge in [-0.15, -0.1) is 10.2 Å². The summed E-state index contributed by atoms with van der Waals surface area (Å²) >= 11 is 1.30. The molecule has 1 aromatic heterocycles. The van der Waals surface area contributed by atoms with Crippen LogP contribution < -0.4 is 10.1 Å². The number of nitrogens with one attached hydrogen (secondary N) is 1. The van der Waals surface area contributed by atoms with Crippen molar-refractivity contribution in [2.24, 2.45) is 0 Å². The number of carbonyl (C=O) groups excluding carboxylic acids is 1. The van der Waals surface area contributed by atoms with E-state index in [1.807, 2.05) is 18.4 Å². The van der Waals surface area contributed by atoms with Crippen LogP contribution in [0.4, 0.5) is 14.5 Å². The molecule has 0 aliphatic carbocycles. The van der Waals surface area contributed by atoms with Crippen LogP contribution >= 0.6 is 11.8 Å². The molecule has 0 saturated carbocycles. The minimum absolute atomic E-state index is 0.0375. The van der Waals surface area contributed by atoms with Crippen molar-refractivity contribution in [1.82, 2.24) is 14.8 Å². The highest BCUT2D eigenvalue weighted by Gasteiger charge is 2.19. The monoisotopic (exact) mass is 356 g/mol. The quantitative estimate of drug-likeness (QED) is 0.768. The number of thioether (sulfide) groups is 1.